The number of likely N-dealkylation sites (tertiary alicyclic amines) is 2. The van der Waals surface area contributed by atoms with E-state index in [-0.39, 0.29) is 17.1 Å². The van der Waals surface area contributed by atoms with Crippen LogP contribution in [0.25, 0.3) is 0 Å². The first kappa shape index (κ1) is 18.3. The Bertz CT molecular complexity index is 612. The molecule has 5 heteroatoms. The van der Waals surface area contributed by atoms with Gasteiger partial charge in [-0.1, -0.05) is 12.1 Å². The molecule has 0 atom stereocenters. The molecule has 2 aliphatic rings. The molecule has 0 aliphatic carbocycles. The van der Waals surface area contributed by atoms with Gasteiger partial charge in [0, 0.05) is 33.2 Å². The molecule has 0 radical (unpaired) electrons. The van der Waals surface area contributed by atoms with Gasteiger partial charge in [0.05, 0.1) is 6.61 Å². The van der Waals surface area contributed by atoms with Crippen LogP contribution in [-0.2, 0) is 16.1 Å². The van der Waals surface area contributed by atoms with Gasteiger partial charge in [-0.3, -0.25) is 9.69 Å². The Hall–Kier alpha value is -1.46. The van der Waals surface area contributed by atoms with Crippen molar-refractivity contribution in [2.24, 2.45) is 5.41 Å². The van der Waals surface area contributed by atoms with Crippen LogP contribution in [0.15, 0.2) is 18.2 Å². The van der Waals surface area contributed by atoms with Gasteiger partial charge in [-0.2, -0.15) is 0 Å². The lowest BCUT2D eigenvalue weighted by molar-refractivity contribution is -0.139. The van der Waals surface area contributed by atoms with Crippen molar-refractivity contribution in [3.63, 3.8) is 0 Å². The Labute approximate surface area is 149 Å². The molecule has 1 spiro atoms. The Morgan fingerprint density at radius 2 is 2.00 bits per heavy atom. The second-order valence-corrected chi connectivity index (χ2v) is 7.61. The first-order valence-electron chi connectivity index (χ1n) is 9.26. The van der Waals surface area contributed by atoms with E-state index >= 15 is 0 Å². The van der Waals surface area contributed by atoms with Crippen LogP contribution in [-0.4, -0.2) is 55.6 Å². The summed E-state index contributed by atoms with van der Waals surface area (Å²) in [7, 11) is 1.68. The molecule has 138 valence electrons. The predicted octanol–water partition coefficient (Wildman–Crippen LogP) is 2.99. The third-order valence-electron chi connectivity index (χ3n) is 6.00. The number of carbonyl (C=O) groups excluding carboxylic acids is 1. The summed E-state index contributed by atoms with van der Waals surface area (Å²) >= 11 is 0. The molecule has 4 nitrogen and oxygen atoms in total. The van der Waals surface area contributed by atoms with E-state index < -0.39 is 0 Å². The minimum Gasteiger partial charge on any atom is -0.383 e. The first-order valence-corrected chi connectivity index (χ1v) is 9.26. The van der Waals surface area contributed by atoms with Crippen molar-refractivity contribution in [3.05, 3.63) is 35.1 Å². The number of hydrogen-bond acceptors (Lipinski definition) is 3. The summed E-state index contributed by atoms with van der Waals surface area (Å²) in [6, 6.07) is 5.34. The van der Waals surface area contributed by atoms with Crippen molar-refractivity contribution in [1.82, 2.24) is 9.80 Å². The molecule has 2 aliphatic heterocycles. The van der Waals surface area contributed by atoms with Crippen LogP contribution < -0.4 is 0 Å². The SMILES string of the molecule is COCCN1CC2(CCC1=O)CCN(Cc1cccc(F)c1C)CC2. The van der Waals surface area contributed by atoms with E-state index in [4.69, 9.17) is 4.74 Å². The fourth-order valence-electron chi connectivity index (χ4n) is 4.17. The Kier molecular flexibility index (Phi) is 5.74. The van der Waals surface area contributed by atoms with Gasteiger partial charge < -0.3 is 9.64 Å². The summed E-state index contributed by atoms with van der Waals surface area (Å²) in [5.74, 6) is 0.144. The lowest BCUT2D eigenvalue weighted by atomic mass is 9.72. The maximum Gasteiger partial charge on any atom is 0.222 e. The molecule has 0 saturated carbocycles. The van der Waals surface area contributed by atoms with Crippen LogP contribution in [0.5, 0.6) is 0 Å². The number of rotatable bonds is 5. The Morgan fingerprint density at radius 3 is 2.72 bits per heavy atom. The average molecular weight is 348 g/mol. The van der Waals surface area contributed by atoms with Gasteiger partial charge in [-0.25, -0.2) is 4.39 Å². The van der Waals surface area contributed by atoms with E-state index in [0.717, 1.165) is 56.6 Å². The van der Waals surface area contributed by atoms with E-state index in [1.165, 1.54) is 6.07 Å². The van der Waals surface area contributed by atoms with E-state index in [0.29, 0.717) is 19.6 Å². The van der Waals surface area contributed by atoms with E-state index in [1.54, 1.807) is 13.2 Å². The molecule has 1 aromatic carbocycles. The van der Waals surface area contributed by atoms with Crippen LogP contribution >= 0.6 is 0 Å². The van der Waals surface area contributed by atoms with Gasteiger partial charge in [0.1, 0.15) is 5.82 Å². The highest BCUT2D eigenvalue weighted by molar-refractivity contribution is 5.77. The number of nitrogens with zero attached hydrogens (tertiary/aromatic N) is 2. The molecule has 1 aromatic rings. The van der Waals surface area contributed by atoms with Gasteiger partial charge in [-0.15, -0.1) is 0 Å². The average Bonchev–Trinajstić information content (AvgIpc) is 2.62. The molecular weight excluding hydrogens is 319 g/mol. The molecule has 2 fully saturated rings. The largest absolute Gasteiger partial charge is 0.383 e. The fourth-order valence-corrected chi connectivity index (χ4v) is 4.17. The van der Waals surface area contributed by atoms with Gasteiger partial charge in [0.15, 0.2) is 0 Å². The third kappa shape index (κ3) is 4.21. The van der Waals surface area contributed by atoms with Gasteiger partial charge in [0.25, 0.3) is 0 Å². The highest BCUT2D eigenvalue weighted by atomic mass is 19.1. The number of ether oxygens (including phenoxy) is 1. The number of piperidine rings is 2. The number of methoxy groups -OCH3 is 1. The maximum atomic E-state index is 13.7. The standard InChI is InChI=1S/C20H29FN2O2/c1-16-17(4-3-5-18(16)21)14-22-10-8-20(9-11-22)7-6-19(24)23(15-20)12-13-25-2/h3-5H,6-15H2,1-2H3. The monoisotopic (exact) mass is 348 g/mol. The zero-order valence-corrected chi connectivity index (χ0v) is 15.4. The van der Waals surface area contributed by atoms with Crippen molar-refractivity contribution in [1.29, 1.82) is 0 Å². The number of amides is 1. The molecule has 3 rings (SSSR count). The summed E-state index contributed by atoms with van der Waals surface area (Å²) in [6.07, 6.45) is 3.88. The zero-order valence-electron chi connectivity index (χ0n) is 15.4. The van der Waals surface area contributed by atoms with Crippen molar-refractivity contribution < 1.29 is 13.9 Å². The molecule has 2 heterocycles. The summed E-state index contributed by atoms with van der Waals surface area (Å²) in [6.45, 7) is 6.87. The lowest BCUT2D eigenvalue weighted by Gasteiger charge is -2.47. The summed E-state index contributed by atoms with van der Waals surface area (Å²) in [4.78, 5) is 16.5. The van der Waals surface area contributed by atoms with Crippen LogP contribution in [0.4, 0.5) is 4.39 Å². The van der Waals surface area contributed by atoms with Crippen LogP contribution in [0, 0.1) is 18.2 Å². The zero-order chi connectivity index (χ0) is 17.9. The number of halogens is 1. The normalized spacial score (nSPS) is 21.1. The maximum absolute atomic E-state index is 13.7. The smallest absolute Gasteiger partial charge is 0.222 e. The second-order valence-electron chi connectivity index (χ2n) is 7.61. The molecule has 1 amide bonds. The Morgan fingerprint density at radius 1 is 1.24 bits per heavy atom. The highest BCUT2D eigenvalue weighted by Gasteiger charge is 2.40. The molecule has 0 aromatic heterocycles. The van der Waals surface area contributed by atoms with E-state index in [2.05, 4.69) is 4.90 Å². The molecule has 0 unspecified atom stereocenters. The minimum absolute atomic E-state index is 0.120. The van der Waals surface area contributed by atoms with Gasteiger partial charge in [-0.05, 0) is 61.9 Å². The first-order chi connectivity index (χ1) is 12.0. The summed E-state index contributed by atoms with van der Waals surface area (Å²) in [5.41, 5.74) is 2.10. The van der Waals surface area contributed by atoms with Crippen molar-refractivity contribution in [2.45, 2.75) is 39.2 Å². The fraction of sp³-hybridized carbons (Fsp3) is 0.650. The topological polar surface area (TPSA) is 32.8 Å². The second kappa shape index (κ2) is 7.83. The van der Waals surface area contributed by atoms with Crippen LogP contribution in [0.2, 0.25) is 0 Å². The minimum atomic E-state index is -0.120. The quantitative estimate of drug-likeness (QED) is 0.820. The predicted molar refractivity (Wildman–Crippen MR) is 95.8 cm³/mol. The van der Waals surface area contributed by atoms with E-state index in [1.807, 2.05) is 17.9 Å². The van der Waals surface area contributed by atoms with E-state index in [9.17, 15) is 9.18 Å². The van der Waals surface area contributed by atoms with Crippen LogP contribution in [0.1, 0.15) is 36.8 Å². The number of carbonyl (C=O) groups is 1. The highest BCUT2D eigenvalue weighted by Crippen LogP contribution is 2.40. The molecule has 25 heavy (non-hydrogen) atoms. The molecule has 2 saturated heterocycles. The number of hydrogen-bond donors (Lipinski definition) is 0. The van der Waals surface area contributed by atoms with Crippen molar-refractivity contribution in [3.8, 4) is 0 Å². The van der Waals surface area contributed by atoms with Crippen molar-refractivity contribution in [2.75, 3.05) is 39.9 Å². The lowest BCUT2D eigenvalue weighted by Crippen LogP contribution is -2.52. The van der Waals surface area contributed by atoms with Crippen molar-refractivity contribution >= 4 is 5.91 Å². The third-order valence-corrected chi connectivity index (χ3v) is 6.00. The molecular formula is C20H29FN2O2. The summed E-state index contributed by atoms with van der Waals surface area (Å²) in [5, 5.41) is 0. The van der Waals surface area contributed by atoms with Gasteiger partial charge in [0.2, 0.25) is 5.91 Å². The summed E-state index contributed by atoms with van der Waals surface area (Å²) < 4.78 is 18.9. The molecule has 0 bridgehead atoms. The van der Waals surface area contributed by atoms with Crippen LogP contribution in [0.3, 0.4) is 0 Å². The Balaban J connectivity index is 1.57. The molecule has 0 N–H and O–H groups in total. The number of benzene rings is 1. The van der Waals surface area contributed by atoms with Gasteiger partial charge >= 0.3 is 0 Å².